The molecule has 1 aromatic heterocycles. The lowest BCUT2D eigenvalue weighted by Crippen LogP contribution is -2.14. The molecule has 2 aromatic carbocycles. The number of halogens is 3. The van der Waals surface area contributed by atoms with E-state index in [9.17, 15) is 22.8 Å². The molecule has 0 bridgehead atoms. The Morgan fingerprint density at radius 2 is 1.87 bits per heavy atom. The van der Waals surface area contributed by atoms with Crippen molar-refractivity contribution < 1.29 is 31.9 Å². The molecule has 0 saturated carbocycles. The molecule has 0 aliphatic rings. The number of hydrogen-bond donors (Lipinski definition) is 0. The van der Waals surface area contributed by atoms with Gasteiger partial charge in [-0.3, -0.25) is 0 Å². The number of carbonyl (C=O) groups excluding carboxylic acids is 1. The minimum atomic E-state index is -1.42. The highest BCUT2D eigenvalue weighted by molar-refractivity contribution is 5.96. The van der Waals surface area contributed by atoms with Crippen molar-refractivity contribution in [3.8, 4) is 5.75 Å². The standard InChI is InChI=1S/C22H17F3O5/c1-3-4-14-11-13-5-7-15(19(24)17(13)22(27)29-14)21(26)30-16-8-6-12(9-10-28-2)18(23)20(16)25/h5-11H,3-4H2,1-2H3/b10-9+. The van der Waals surface area contributed by atoms with Gasteiger partial charge in [-0.05, 0) is 42.1 Å². The average molecular weight is 418 g/mol. The second-order valence-corrected chi connectivity index (χ2v) is 6.35. The second-order valence-electron chi connectivity index (χ2n) is 6.35. The topological polar surface area (TPSA) is 65.7 Å². The largest absolute Gasteiger partial charge is 0.504 e. The van der Waals surface area contributed by atoms with Gasteiger partial charge in [-0.2, -0.15) is 4.39 Å². The molecule has 0 radical (unpaired) electrons. The zero-order valence-electron chi connectivity index (χ0n) is 16.1. The number of fused-ring (bicyclic) bond motifs is 1. The number of hydrogen-bond acceptors (Lipinski definition) is 5. The van der Waals surface area contributed by atoms with Crippen molar-refractivity contribution in [1.29, 1.82) is 0 Å². The van der Waals surface area contributed by atoms with Gasteiger partial charge in [0, 0.05) is 12.0 Å². The number of ether oxygens (including phenoxy) is 2. The van der Waals surface area contributed by atoms with Crippen LogP contribution < -0.4 is 10.4 Å². The van der Waals surface area contributed by atoms with E-state index in [0.717, 1.165) is 30.9 Å². The number of aryl methyl sites for hydroxylation is 1. The van der Waals surface area contributed by atoms with Crippen LogP contribution in [0.3, 0.4) is 0 Å². The lowest BCUT2D eigenvalue weighted by Gasteiger charge is -2.09. The van der Waals surface area contributed by atoms with Gasteiger partial charge in [0.1, 0.15) is 11.1 Å². The summed E-state index contributed by atoms with van der Waals surface area (Å²) < 4.78 is 57.7. The summed E-state index contributed by atoms with van der Waals surface area (Å²) in [7, 11) is 1.34. The molecule has 0 unspecified atom stereocenters. The fraction of sp³-hybridized carbons (Fsp3) is 0.182. The van der Waals surface area contributed by atoms with Crippen LogP contribution in [0.2, 0.25) is 0 Å². The maximum absolute atomic E-state index is 14.8. The first-order valence-electron chi connectivity index (χ1n) is 9.02. The molecule has 0 fully saturated rings. The minimum absolute atomic E-state index is 0.133. The Labute approximate surface area is 169 Å². The Hall–Kier alpha value is -3.55. The molecule has 8 heteroatoms. The van der Waals surface area contributed by atoms with E-state index in [1.807, 2.05) is 6.92 Å². The lowest BCUT2D eigenvalue weighted by atomic mass is 10.1. The van der Waals surface area contributed by atoms with E-state index in [0.29, 0.717) is 12.2 Å². The van der Waals surface area contributed by atoms with E-state index in [1.165, 1.54) is 25.3 Å². The molecule has 0 spiro atoms. The lowest BCUT2D eigenvalue weighted by molar-refractivity contribution is 0.0722. The molecular formula is C22H17F3O5. The molecule has 3 aromatic rings. The van der Waals surface area contributed by atoms with Crippen molar-refractivity contribution in [1.82, 2.24) is 0 Å². The van der Waals surface area contributed by atoms with Crippen LogP contribution in [-0.2, 0) is 11.2 Å². The zero-order valence-corrected chi connectivity index (χ0v) is 16.1. The summed E-state index contributed by atoms with van der Waals surface area (Å²) in [6.07, 6.45) is 3.55. The number of esters is 1. The Morgan fingerprint density at radius 1 is 1.10 bits per heavy atom. The van der Waals surface area contributed by atoms with Crippen LogP contribution in [0.25, 0.3) is 16.8 Å². The molecule has 30 heavy (non-hydrogen) atoms. The SMILES string of the molecule is CCCc1cc2ccc(C(=O)Oc3ccc(/C=C/OC)c(F)c3F)c(F)c2c(=O)o1. The first-order chi connectivity index (χ1) is 14.4. The maximum atomic E-state index is 14.8. The predicted molar refractivity (Wildman–Crippen MR) is 104 cm³/mol. The van der Waals surface area contributed by atoms with Gasteiger partial charge in [-0.25, -0.2) is 18.4 Å². The molecule has 1 heterocycles. The zero-order chi connectivity index (χ0) is 21.8. The summed E-state index contributed by atoms with van der Waals surface area (Å²) in [5.41, 5.74) is -1.68. The molecule has 3 rings (SSSR count). The third-order valence-electron chi connectivity index (χ3n) is 4.30. The number of methoxy groups -OCH3 is 1. The molecular weight excluding hydrogens is 401 g/mol. The summed E-state index contributed by atoms with van der Waals surface area (Å²) in [4.78, 5) is 24.5. The van der Waals surface area contributed by atoms with Crippen molar-refractivity contribution in [3.63, 3.8) is 0 Å². The van der Waals surface area contributed by atoms with E-state index in [-0.39, 0.29) is 10.9 Å². The fourth-order valence-corrected chi connectivity index (χ4v) is 2.87. The minimum Gasteiger partial charge on any atom is -0.504 e. The van der Waals surface area contributed by atoms with Crippen LogP contribution in [0.1, 0.15) is 35.0 Å². The molecule has 0 aliphatic heterocycles. The van der Waals surface area contributed by atoms with Crippen molar-refractivity contribution in [3.05, 3.63) is 81.4 Å². The third kappa shape index (κ3) is 4.07. The van der Waals surface area contributed by atoms with Gasteiger partial charge in [0.05, 0.1) is 18.9 Å². The van der Waals surface area contributed by atoms with Crippen molar-refractivity contribution in [2.45, 2.75) is 19.8 Å². The highest BCUT2D eigenvalue weighted by atomic mass is 19.2. The van der Waals surface area contributed by atoms with Crippen LogP contribution >= 0.6 is 0 Å². The second kappa shape index (κ2) is 8.86. The molecule has 0 aliphatic carbocycles. The van der Waals surface area contributed by atoms with Gasteiger partial charge in [-0.1, -0.05) is 13.0 Å². The first kappa shape index (κ1) is 21.2. The van der Waals surface area contributed by atoms with E-state index in [1.54, 1.807) is 0 Å². The van der Waals surface area contributed by atoms with E-state index in [4.69, 9.17) is 9.15 Å². The molecule has 0 atom stereocenters. The van der Waals surface area contributed by atoms with Crippen molar-refractivity contribution >= 4 is 22.8 Å². The maximum Gasteiger partial charge on any atom is 0.346 e. The Balaban J connectivity index is 1.96. The van der Waals surface area contributed by atoms with Gasteiger partial charge in [0.25, 0.3) is 0 Å². The summed E-state index contributed by atoms with van der Waals surface area (Å²) >= 11 is 0. The van der Waals surface area contributed by atoms with Crippen LogP contribution in [0.4, 0.5) is 13.2 Å². The van der Waals surface area contributed by atoms with Gasteiger partial charge < -0.3 is 13.9 Å². The number of benzene rings is 2. The van der Waals surface area contributed by atoms with E-state index < -0.39 is 45.7 Å². The monoisotopic (exact) mass is 418 g/mol. The van der Waals surface area contributed by atoms with Crippen LogP contribution in [0.15, 0.2) is 45.8 Å². The third-order valence-corrected chi connectivity index (χ3v) is 4.30. The average Bonchev–Trinajstić information content (AvgIpc) is 2.71. The molecule has 5 nitrogen and oxygen atoms in total. The van der Waals surface area contributed by atoms with Crippen LogP contribution in [0, 0.1) is 17.5 Å². The molecule has 0 N–H and O–H groups in total. The highest BCUT2D eigenvalue weighted by Gasteiger charge is 2.22. The predicted octanol–water partition coefficient (Wildman–Crippen LogP) is 5.00. The number of carbonyl (C=O) groups is 1. The Bertz CT molecular complexity index is 1200. The summed E-state index contributed by atoms with van der Waals surface area (Å²) in [6, 6.07) is 6.17. The summed E-state index contributed by atoms with van der Waals surface area (Å²) in [5.74, 6) is -5.47. The summed E-state index contributed by atoms with van der Waals surface area (Å²) in [6.45, 7) is 1.90. The quantitative estimate of drug-likeness (QED) is 0.320. The van der Waals surface area contributed by atoms with E-state index in [2.05, 4.69) is 4.74 Å². The Kier molecular flexibility index (Phi) is 6.25. The van der Waals surface area contributed by atoms with Crippen molar-refractivity contribution in [2.24, 2.45) is 0 Å². The fourth-order valence-electron chi connectivity index (χ4n) is 2.87. The smallest absolute Gasteiger partial charge is 0.346 e. The number of rotatable bonds is 6. The van der Waals surface area contributed by atoms with E-state index >= 15 is 0 Å². The van der Waals surface area contributed by atoms with Crippen LogP contribution in [0.5, 0.6) is 5.75 Å². The van der Waals surface area contributed by atoms with Gasteiger partial charge >= 0.3 is 11.6 Å². The summed E-state index contributed by atoms with van der Waals surface area (Å²) in [5, 5.41) is -0.161. The first-order valence-corrected chi connectivity index (χ1v) is 9.02. The van der Waals surface area contributed by atoms with Crippen molar-refractivity contribution in [2.75, 3.05) is 7.11 Å². The molecule has 0 saturated heterocycles. The van der Waals surface area contributed by atoms with Crippen LogP contribution in [-0.4, -0.2) is 13.1 Å². The molecule has 0 amide bonds. The Morgan fingerprint density at radius 3 is 2.57 bits per heavy atom. The van der Waals surface area contributed by atoms with Gasteiger partial charge in [-0.15, -0.1) is 0 Å². The normalized spacial score (nSPS) is 11.2. The highest BCUT2D eigenvalue weighted by Crippen LogP contribution is 2.26. The van der Waals surface area contributed by atoms with Gasteiger partial charge in [0.2, 0.25) is 5.82 Å². The molecule has 156 valence electrons. The van der Waals surface area contributed by atoms with Gasteiger partial charge in [0.15, 0.2) is 17.4 Å².